The Balaban J connectivity index is 1.46. The number of nitrogens with one attached hydrogen (secondary N) is 1. The Labute approximate surface area is 135 Å². The maximum absolute atomic E-state index is 12.1. The SMILES string of the molecule is O=C(CC1CCC(n2cccn2)CC1)Nc1ccc(Cl)cc1. The monoisotopic (exact) mass is 317 g/mol. The van der Waals surface area contributed by atoms with Gasteiger partial charge in [-0.05, 0) is 61.9 Å². The minimum atomic E-state index is 0.0878. The number of nitrogens with zero attached hydrogens (tertiary/aromatic N) is 2. The first kappa shape index (κ1) is 15.1. The van der Waals surface area contributed by atoms with Crippen molar-refractivity contribution in [3.63, 3.8) is 0 Å². The van der Waals surface area contributed by atoms with Crippen LogP contribution in [0, 0.1) is 5.92 Å². The summed E-state index contributed by atoms with van der Waals surface area (Å²) >= 11 is 5.84. The van der Waals surface area contributed by atoms with Crippen LogP contribution in [0.4, 0.5) is 5.69 Å². The predicted octanol–water partition coefficient (Wildman–Crippen LogP) is 4.30. The average Bonchev–Trinajstić information content (AvgIpc) is 3.05. The zero-order valence-corrected chi connectivity index (χ0v) is 13.2. The summed E-state index contributed by atoms with van der Waals surface area (Å²) in [4.78, 5) is 12.1. The van der Waals surface area contributed by atoms with Crippen LogP contribution in [0.15, 0.2) is 42.7 Å². The van der Waals surface area contributed by atoms with Gasteiger partial charge in [-0.25, -0.2) is 0 Å². The lowest BCUT2D eigenvalue weighted by Gasteiger charge is -2.28. The van der Waals surface area contributed by atoms with Crippen LogP contribution in [-0.2, 0) is 4.79 Å². The smallest absolute Gasteiger partial charge is 0.224 e. The number of hydrogen-bond acceptors (Lipinski definition) is 2. The topological polar surface area (TPSA) is 46.9 Å². The Hall–Kier alpha value is -1.81. The van der Waals surface area contributed by atoms with Crippen molar-refractivity contribution in [2.24, 2.45) is 5.92 Å². The summed E-state index contributed by atoms with van der Waals surface area (Å²) in [5.41, 5.74) is 0.805. The summed E-state index contributed by atoms with van der Waals surface area (Å²) in [5.74, 6) is 0.559. The average molecular weight is 318 g/mol. The summed E-state index contributed by atoms with van der Waals surface area (Å²) < 4.78 is 2.05. The van der Waals surface area contributed by atoms with Crippen molar-refractivity contribution in [1.29, 1.82) is 0 Å². The Bertz CT molecular complexity index is 601. The predicted molar refractivity (Wildman–Crippen MR) is 87.9 cm³/mol. The molecule has 5 heteroatoms. The molecular formula is C17H20ClN3O. The molecular weight excluding hydrogens is 298 g/mol. The number of anilines is 1. The molecule has 4 nitrogen and oxygen atoms in total. The third kappa shape index (κ3) is 3.89. The van der Waals surface area contributed by atoms with Gasteiger partial charge in [-0.1, -0.05) is 11.6 Å². The number of hydrogen-bond donors (Lipinski definition) is 1. The minimum Gasteiger partial charge on any atom is -0.326 e. The van der Waals surface area contributed by atoms with E-state index in [0.29, 0.717) is 23.4 Å². The molecule has 0 bridgehead atoms. The van der Waals surface area contributed by atoms with Crippen LogP contribution >= 0.6 is 11.6 Å². The number of rotatable bonds is 4. The summed E-state index contributed by atoms with van der Waals surface area (Å²) in [6, 6.07) is 9.68. The fourth-order valence-corrected chi connectivity index (χ4v) is 3.24. The highest BCUT2D eigenvalue weighted by Gasteiger charge is 2.24. The molecule has 1 saturated carbocycles. The summed E-state index contributed by atoms with van der Waals surface area (Å²) in [7, 11) is 0. The van der Waals surface area contributed by atoms with Crippen LogP contribution in [0.2, 0.25) is 5.02 Å². The van der Waals surface area contributed by atoms with Gasteiger partial charge in [0.25, 0.3) is 0 Å². The van der Waals surface area contributed by atoms with Gasteiger partial charge < -0.3 is 5.32 Å². The van der Waals surface area contributed by atoms with Crippen molar-refractivity contribution in [3.8, 4) is 0 Å². The number of halogens is 1. The minimum absolute atomic E-state index is 0.0878. The van der Waals surface area contributed by atoms with Gasteiger partial charge in [0.2, 0.25) is 5.91 Å². The van der Waals surface area contributed by atoms with Crippen LogP contribution in [0.1, 0.15) is 38.1 Å². The van der Waals surface area contributed by atoms with E-state index in [9.17, 15) is 4.79 Å². The fraction of sp³-hybridized carbons (Fsp3) is 0.412. The molecule has 1 fully saturated rings. The molecule has 1 N–H and O–H groups in total. The van der Waals surface area contributed by atoms with E-state index in [2.05, 4.69) is 10.4 Å². The van der Waals surface area contributed by atoms with E-state index >= 15 is 0 Å². The van der Waals surface area contributed by atoms with Crippen molar-refractivity contribution in [2.75, 3.05) is 5.32 Å². The normalized spacial score (nSPS) is 21.5. The van der Waals surface area contributed by atoms with Crippen molar-refractivity contribution < 1.29 is 4.79 Å². The molecule has 22 heavy (non-hydrogen) atoms. The number of amides is 1. The van der Waals surface area contributed by atoms with E-state index < -0.39 is 0 Å². The van der Waals surface area contributed by atoms with Crippen molar-refractivity contribution in [1.82, 2.24) is 9.78 Å². The Kier molecular flexibility index (Phi) is 4.78. The molecule has 0 radical (unpaired) electrons. The first-order valence-corrected chi connectivity index (χ1v) is 8.13. The van der Waals surface area contributed by atoms with Crippen molar-refractivity contribution in [3.05, 3.63) is 47.7 Å². The van der Waals surface area contributed by atoms with Gasteiger partial charge in [-0.15, -0.1) is 0 Å². The molecule has 1 aliphatic rings. The molecule has 0 spiro atoms. The third-order valence-corrected chi connectivity index (χ3v) is 4.57. The number of carbonyl (C=O) groups is 1. The standard InChI is InChI=1S/C17H20ClN3O/c18-14-4-6-15(7-5-14)20-17(22)12-13-2-8-16(9-3-13)21-11-1-10-19-21/h1,4-7,10-11,13,16H,2-3,8-9,12H2,(H,20,22). The Morgan fingerprint density at radius 2 is 1.95 bits per heavy atom. The zero-order valence-electron chi connectivity index (χ0n) is 12.4. The first-order valence-electron chi connectivity index (χ1n) is 7.75. The third-order valence-electron chi connectivity index (χ3n) is 4.32. The molecule has 0 aliphatic heterocycles. The van der Waals surface area contributed by atoms with Gasteiger partial charge in [0.05, 0.1) is 6.04 Å². The van der Waals surface area contributed by atoms with E-state index in [4.69, 9.17) is 11.6 Å². The lowest BCUT2D eigenvalue weighted by Crippen LogP contribution is -2.22. The molecule has 1 heterocycles. The van der Waals surface area contributed by atoms with Gasteiger partial charge in [0.15, 0.2) is 0 Å². The Morgan fingerprint density at radius 1 is 1.23 bits per heavy atom. The van der Waals surface area contributed by atoms with Crippen LogP contribution in [0.25, 0.3) is 0 Å². The molecule has 2 aromatic rings. The van der Waals surface area contributed by atoms with E-state index in [0.717, 1.165) is 31.4 Å². The van der Waals surface area contributed by atoms with Crippen LogP contribution in [0.5, 0.6) is 0 Å². The molecule has 1 aromatic heterocycles. The maximum Gasteiger partial charge on any atom is 0.224 e. The van der Waals surface area contributed by atoms with Gasteiger partial charge in [-0.2, -0.15) is 5.10 Å². The number of benzene rings is 1. The molecule has 1 aliphatic carbocycles. The highest BCUT2D eigenvalue weighted by molar-refractivity contribution is 6.30. The first-order chi connectivity index (χ1) is 10.7. The van der Waals surface area contributed by atoms with E-state index in [1.807, 2.05) is 35.3 Å². The highest BCUT2D eigenvalue weighted by Crippen LogP contribution is 2.33. The summed E-state index contributed by atoms with van der Waals surface area (Å²) in [5, 5.41) is 7.93. The van der Waals surface area contributed by atoms with Crippen LogP contribution < -0.4 is 5.32 Å². The second kappa shape index (κ2) is 6.97. The van der Waals surface area contributed by atoms with E-state index in [1.165, 1.54) is 0 Å². The highest BCUT2D eigenvalue weighted by atomic mass is 35.5. The van der Waals surface area contributed by atoms with Gasteiger partial charge in [-0.3, -0.25) is 9.48 Å². The van der Waals surface area contributed by atoms with Gasteiger partial charge in [0.1, 0.15) is 0 Å². The van der Waals surface area contributed by atoms with Crippen LogP contribution in [0.3, 0.4) is 0 Å². The molecule has 0 atom stereocenters. The quantitative estimate of drug-likeness (QED) is 0.914. The van der Waals surface area contributed by atoms with Crippen molar-refractivity contribution >= 4 is 23.2 Å². The second-order valence-electron chi connectivity index (χ2n) is 5.92. The van der Waals surface area contributed by atoms with Gasteiger partial charge in [0, 0.05) is 29.5 Å². The van der Waals surface area contributed by atoms with Crippen molar-refractivity contribution in [2.45, 2.75) is 38.1 Å². The zero-order chi connectivity index (χ0) is 15.4. The maximum atomic E-state index is 12.1. The molecule has 116 valence electrons. The lowest BCUT2D eigenvalue weighted by molar-refractivity contribution is -0.117. The molecule has 1 aromatic carbocycles. The Morgan fingerprint density at radius 3 is 2.59 bits per heavy atom. The molecule has 3 rings (SSSR count). The fourth-order valence-electron chi connectivity index (χ4n) is 3.12. The number of carbonyl (C=O) groups excluding carboxylic acids is 1. The largest absolute Gasteiger partial charge is 0.326 e. The van der Waals surface area contributed by atoms with Gasteiger partial charge >= 0.3 is 0 Å². The summed E-state index contributed by atoms with van der Waals surface area (Å²) in [6.07, 6.45) is 8.80. The summed E-state index contributed by atoms with van der Waals surface area (Å²) in [6.45, 7) is 0. The lowest BCUT2D eigenvalue weighted by atomic mass is 9.84. The number of aromatic nitrogens is 2. The van der Waals surface area contributed by atoms with E-state index in [1.54, 1.807) is 12.1 Å². The molecule has 1 amide bonds. The second-order valence-corrected chi connectivity index (χ2v) is 6.36. The van der Waals surface area contributed by atoms with E-state index in [-0.39, 0.29) is 5.91 Å². The molecule has 0 unspecified atom stereocenters. The molecule has 0 saturated heterocycles. The van der Waals surface area contributed by atoms with Crippen LogP contribution in [-0.4, -0.2) is 15.7 Å².